The van der Waals surface area contributed by atoms with Crippen LogP contribution in [-0.4, -0.2) is 29.3 Å². The molecule has 0 aliphatic rings. The van der Waals surface area contributed by atoms with Crippen LogP contribution in [0.5, 0.6) is 0 Å². The predicted molar refractivity (Wildman–Crippen MR) is 66.5 cm³/mol. The molecule has 2 aromatic heterocycles. The number of halogens is 1. The van der Waals surface area contributed by atoms with Gasteiger partial charge in [0, 0.05) is 12.7 Å². The zero-order chi connectivity index (χ0) is 14.0. The Bertz CT molecular complexity index is 609. The Morgan fingerprint density at radius 2 is 2.26 bits per heavy atom. The van der Waals surface area contributed by atoms with E-state index in [1.807, 2.05) is 0 Å². The maximum absolute atomic E-state index is 13.5. The normalized spacial score (nSPS) is 12.6. The number of hydrogen-bond acceptors (Lipinski definition) is 4. The molecule has 5 nitrogen and oxygen atoms in total. The minimum atomic E-state index is -0.491. The number of esters is 1. The van der Waals surface area contributed by atoms with Gasteiger partial charge in [0.2, 0.25) is 5.95 Å². The van der Waals surface area contributed by atoms with Gasteiger partial charge in [0.05, 0.1) is 30.0 Å². The molecule has 0 unspecified atom stereocenters. The lowest BCUT2D eigenvalue weighted by atomic mass is 10.1. The topological polar surface area (TPSA) is 52.8 Å². The number of ether oxygens (including phenoxy) is 2. The van der Waals surface area contributed by atoms with Gasteiger partial charge in [-0.05, 0) is 26.0 Å². The fourth-order valence-corrected chi connectivity index (χ4v) is 1.96. The minimum Gasteiger partial charge on any atom is -0.462 e. The molecule has 0 saturated carbocycles. The third-order valence-corrected chi connectivity index (χ3v) is 2.93. The van der Waals surface area contributed by atoms with E-state index in [4.69, 9.17) is 9.47 Å². The molecule has 2 heterocycles. The molecule has 102 valence electrons. The summed E-state index contributed by atoms with van der Waals surface area (Å²) in [7, 11) is 1.52. The first-order valence-electron chi connectivity index (χ1n) is 5.96. The average molecular weight is 266 g/mol. The van der Waals surface area contributed by atoms with Gasteiger partial charge in [0.25, 0.3) is 0 Å². The fourth-order valence-electron chi connectivity index (χ4n) is 1.96. The number of rotatable bonds is 4. The van der Waals surface area contributed by atoms with Crippen molar-refractivity contribution in [1.29, 1.82) is 0 Å². The first-order valence-corrected chi connectivity index (χ1v) is 5.96. The molecule has 2 rings (SSSR count). The third kappa shape index (κ3) is 2.31. The van der Waals surface area contributed by atoms with Gasteiger partial charge in [-0.1, -0.05) is 0 Å². The van der Waals surface area contributed by atoms with Crippen LogP contribution in [0, 0.1) is 5.95 Å². The second-order valence-electron chi connectivity index (χ2n) is 4.02. The Kier molecular flexibility index (Phi) is 3.80. The molecule has 0 saturated heterocycles. The summed E-state index contributed by atoms with van der Waals surface area (Å²) >= 11 is 0. The smallest absolute Gasteiger partial charge is 0.340 e. The van der Waals surface area contributed by atoms with E-state index in [9.17, 15) is 9.18 Å². The lowest BCUT2D eigenvalue weighted by Gasteiger charge is -2.15. The molecule has 0 aromatic carbocycles. The first kappa shape index (κ1) is 13.5. The summed E-state index contributed by atoms with van der Waals surface area (Å²) in [5.41, 5.74) is 1.36. The van der Waals surface area contributed by atoms with Crippen molar-refractivity contribution in [2.45, 2.75) is 20.0 Å². The van der Waals surface area contributed by atoms with Gasteiger partial charge in [0.1, 0.15) is 0 Å². The van der Waals surface area contributed by atoms with Crippen molar-refractivity contribution >= 4 is 11.5 Å². The Labute approximate surface area is 109 Å². The van der Waals surface area contributed by atoms with Crippen LogP contribution in [0.3, 0.4) is 0 Å². The summed E-state index contributed by atoms with van der Waals surface area (Å²) in [4.78, 5) is 11.9. The van der Waals surface area contributed by atoms with Crippen LogP contribution >= 0.6 is 0 Å². The number of aromatic nitrogens is 2. The lowest BCUT2D eigenvalue weighted by Crippen LogP contribution is -2.14. The van der Waals surface area contributed by atoms with Crippen molar-refractivity contribution in [3.63, 3.8) is 0 Å². The van der Waals surface area contributed by atoms with Gasteiger partial charge < -0.3 is 9.47 Å². The van der Waals surface area contributed by atoms with Crippen molar-refractivity contribution in [3.8, 4) is 0 Å². The summed E-state index contributed by atoms with van der Waals surface area (Å²) in [6.45, 7) is 3.77. The predicted octanol–water partition coefficient (Wildman–Crippen LogP) is 2.36. The third-order valence-electron chi connectivity index (χ3n) is 2.93. The monoisotopic (exact) mass is 266 g/mol. The fraction of sp³-hybridized carbons (Fsp3) is 0.385. The highest BCUT2D eigenvalue weighted by Gasteiger charge is 2.22. The highest BCUT2D eigenvalue weighted by molar-refractivity contribution is 5.93. The second-order valence-corrected chi connectivity index (χ2v) is 4.02. The molecule has 0 aliphatic heterocycles. The highest BCUT2D eigenvalue weighted by atomic mass is 19.1. The molecule has 0 aliphatic carbocycles. The summed E-state index contributed by atoms with van der Waals surface area (Å²) in [6.07, 6.45) is 0.929. The van der Waals surface area contributed by atoms with Gasteiger partial charge >= 0.3 is 5.97 Å². The van der Waals surface area contributed by atoms with Gasteiger partial charge in [-0.25, -0.2) is 9.31 Å². The maximum atomic E-state index is 13.5. The van der Waals surface area contributed by atoms with Crippen molar-refractivity contribution in [2.75, 3.05) is 13.7 Å². The van der Waals surface area contributed by atoms with Crippen molar-refractivity contribution in [3.05, 3.63) is 35.4 Å². The van der Waals surface area contributed by atoms with Crippen molar-refractivity contribution in [1.82, 2.24) is 9.61 Å². The number of fused-ring (bicyclic) bond motifs is 1. The summed E-state index contributed by atoms with van der Waals surface area (Å²) < 4.78 is 24.9. The molecule has 1 atom stereocenters. The van der Waals surface area contributed by atoms with E-state index in [0.29, 0.717) is 16.6 Å². The molecule has 0 radical (unpaired) electrons. The van der Waals surface area contributed by atoms with Gasteiger partial charge in [-0.3, -0.25) is 0 Å². The van der Waals surface area contributed by atoms with Crippen LogP contribution in [0.25, 0.3) is 5.52 Å². The van der Waals surface area contributed by atoms with Crippen molar-refractivity contribution < 1.29 is 18.7 Å². The lowest BCUT2D eigenvalue weighted by molar-refractivity contribution is 0.0514. The molecule has 0 N–H and O–H groups in total. The van der Waals surface area contributed by atoms with Crippen molar-refractivity contribution in [2.24, 2.45) is 0 Å². The zero-order valence-electron chi connectivity index (χ0n) is 11.0. The van der Waals surface area contributed by atoms with Gasteiger partial charge in [-0.15, -0.1) is 0 Å². The molecule has 0 fully saturated rings. The Morgan fingerprint density at radius 1 is 1.53 bits per heavy atom. The summed E-state index contributed by atoms with van der Waals surface area (Å²) in [5, 5.41) is 3.91. The molecule has 0 amide bonds. The first-order chi connectivity index (χ1) is 9.10. The second kappa shape index (κ2) is 5.36. The van der Waals surface area contributed by atoms with E-state index in [1.165, 1.54) is 19.4 Å². The zero-order valence-corrected chi connectivity index (χ0v) is 11.0. The molecule has 0 bridgehead atoms. The minimum absolute atomic E-state index is 0.264. The van der Waals surface area contributed by atoms with E-state index >= 15 is 0 Å². The Balaban J connectivity index is 2.66. The van der Waals surface area contributed by atoms with Crippen LogP contribution in [0.4, 0.5) is 4.39 Å². The molecular weight excluding hydrogens is 251 g/mol. The van der Waals surface area contributed by atoms with Crippen LogP contribution < -0.4 is 0 Å². The number of carbonyl (C=O) groups is 1. The van der Waals surface area contributed by atoms with Gasteiger partial charge in [0.15, 0.2) is 0 Å². The molecular formula is C13H15FN2O3. The molecule has 6 heteroatoms. The van der Waals surface area contributed by atoms with E-state index in [-0.39, 0.29) is 12.7 Å². The van der Waals surface area contributed by atoms with E-state index in [2.05, 4.69) is 5.10 Å². The Morgan fingerprint density at radius 3 is 2.89 bits per heavy atom. The van der Waals surface area contributed by atoms with Crippen LogP contribution in [0.1, 0.15) is 35.9 Å². The summed E-state index contributed by atoms with van der Waals surface area (Å²) in [6, 6.07) is 2.86. The average Bonchev–Trinajstić information content (AvgIpc) is 2.79. The Hall–Kier alpha value is -1.95. The summed E-state index contributed by atoms with van der Waals surface area (Å²) in [5.74, 6) is -0.979. The molecule has 2 aromatic rings. The maximum Gasteiger partial charge on any atom is 0.340 e. The van der Waals surface area contributed by atoms with E-state index < -0.39 is 11.9 Å². The van der Waals surface area contributed by atoms with E-state index in [1.54, 1.807) is 19.9 Å². The highest BCUT2D eigenvalue weighted by Crippen LogP contribution is 2.26. The van der Waals surface area contributed by atoms with E-state index in [0.717, 1.165) is 4.52 Å². The number of hydrogen-bond donors (Lipinski definition) is 0. The van der Waals surface area contributed by atoms with Crippen LogP contribution in [-0.2, 0) is 9.47 Å². The van der Waals surface area contributed by atoms with Crippen LogP contribution in [0.15, 0.2) is 18.3 Å². The standard InChI is InChI=1S/C13H15FN2O3/c1-4-19-13(17)9-7-15-16-10(5-6-11(16)14)12(9)8(2)18-3/h5-8H,4H2,1-3H3/t8-/m0/s1. The number of carbonyl (C=O) groups excluding carboxylic acids is 1. The quantitative estimate of drug-likeness (QED) is 0.797. The molecule has 0 spiro atoms. The SMILES string of the molecule is CCOC(=O)c1cnn2c(F)ccc2c1[C@H](C)OC. The van der Waals surface area contributed by atoms with Crippen LogP contribution in [0.2, 0.25) is 0 Å². The number of nitrogens with zero attached hydrogens (tertiary/aromatic N) is 2. The molecule has 19 heavy (non-hydrogen) atoms. The number of methoxy groups -OCH3 is 1. The van der Waals surface area contributed by atoms with Gasteiger partial charge in [-0.2, -0.15) is 9.49 Å². The largest absolute Gasteiger partial charge is 0.462 e.